The quantitative estimate of drug-likeness (QED) is 0.861. The molecule has 0 bridgehead atoms. The molecule has 1 aliphatic heterocycles. The van der Waals surface area contributed by atoms with Gasteiger partial charge in [0, 0.05) is 12.6 Å². The maximum absolute atomic E-state index is 13.3. The zero-order valence-corrected chi connectivity index (χ0v) is 13.7. The van der Waals surface area contributed by atoms with Gasteiger partial charge in [0.1, 0.15) is 0 Å². The number of β-amino-alcohol motifs (C(OH)–C–C–N with tert-alkyl or cyclic N) is 1. The van der Waals surface area contributed by atoms with Gasteiger partial charge in [-0.3, -0.25) is 4.90 Å². The van der Waals surface area contributed by atoms with Crippen molar-refractivity contribution in [2.75, 3.05) is 13.1 Å². The van der Waals surface area contributed by atoms with E-state index in [0.29, 0.717) is 18.2 Å². The lowest BCUT2D eigenvalue weighted by molar-refractivity contribution is 0.103. The van der Waals surface area contributed by atoms with E-state index in [1.165, 1.54) is 11.6 Å². The third-order valence-electron chi connectivity index (χ3n) is 4.84. The molecule has 1 heterocycles. The monoisotopic (exact) mass is 331 g/mol. The lowest BCUT2D eigenvalue weighted by Crippen LogP contribution is -2.33. The first-order valence-electron chi connectivity index (χ1n) is 8.54. The van der Waals surface area contributed by atoms with E-state index in [1.54, 1.807) is 0 Å². The number of nitrogens with zero attached hydrogens (tertiary/aromatic N) is 1. The van der Waals surface area contributed by atoms with Gasteiger partial charge in [0.2, 0.25) is 0 Å². The molecule has 2 nitrogen and oxygen atoms in total. The first kappa shape index (κ1) is 17.1. The summed E-state index contributed by atoms with van der Waals surface area (Å²) < 4.78 is 26.4. The Bertz CT molecular complexity index is 662. The van der Waals surface area contributed by atoms with Crippen molar-refractivity contribution in [2.24, 2.45) is 0 Å². The van der Waals surface area contributed by atoms with Crippen molar-refractivity contribution in [3.63, 3.8) is 0 Å². The lowest BCUT2D eigenvalue weighted by Gasteiger charge is -2.27. The molecule has 0 unspecified atom stereocenters. The summed E-state index contributed by atoms with van der Waals surface area (Å²) in [5.41, 5.74) is 1.76. The van der Waals surface area contributed by atoms with E-state index >= 15 is 0 Å². The summed E-state index contributed by atoms with van der Waals surface area (Å²) in [5.74, 6) is -1.79. The van der Waals surface area contributed by atoms with Gasteiger partial charge in [-0.05, 0) is 55.5 Å². The van der Waals surface area contributed by atoms with Crippen molar-refractivity contribution < 1.29 is 13.9 Å². The van der Waals surface area contributed by atoms with E-state index in [2.05, 4.69) is 29.2 Å². The number of likely N-dealkylation sites (tertiary alicyclic amines) is 1. The predicted octanol–water partition coefficient (Wildman–Crippen LogP) is 4.10. The molecule has 24 heavy (non-hydrogen) atoms. The molecule has 0 radical (unpaired) electrons. The summed E-state index contributed by atoms with van der Waals surface area (Å²) in [7, 11) is 0. The molecule has 1 fully saturated rings. The second-order valence-electron chi connectivity index (χ2n) is 6.50. The molecule has 0 aliphatic carbocycles. The molecule has 1 N–H and O–H groups in total. The highest BCUT2D eigenvalue weighted by molar-refractivity contribution is 5.20. The Labute approximate surface area is 141 Å². The molecule has 1 aliphatic rings. The number of aryl methyl sites for hydroxylation is 1. The Kier molecular flexibility index (Phi) is 5.59. The van der Waals surface area contributed by atoms with Gasteiger partial charge in [0.05, 0.1) is 6.10 Å². The molecule has 128 valence electrons. The highest BCUT2D eigenvalue weighted by atomic mass is 19.2. The molecular weight excluding hydrogens is 308 g/mol. The Morgan fingerprint density at radius 3 is 2.62 bits per heavy atom. The van der Waals surface area contributed by atoms with E-state index in [9.17, 15) is 13.9 Å². The van der Waals surface area contributed by atoms with Crippen LogP contribution in [0.25, 0.3) is 0 Å². The van der Waals surface area contributed by atoms with Crippen LogP contribution in [0.15, 0.2) is 48.5 Å². The van der Waals surface area contributed by atoms with E-state index in [0.717, 1.165) is 44.4 Å². The number of hydrogen-bond acceptors (Lipinski definition) is 2. The topological polar surface area (TPSA) is 23.5 Å². The van der Waals surface area contributed by atoms with Gasteiger partial charge in [-0.2, -0.15) is 0 Å². The fourth-order valence-corrected chi connectivity index (χ4v) is 3.49. The van der Waals surface area contributed by atoms with Crippen molar-refractivity contribution in [3.05, 3.63) is 71.3 Å². The van der Waals surface area contributed by atoms with Crippen LogP contribution in [0.3, 0.4) is 0 Å². The Hall–Kier alpha value is -1.78. The van der Waals surface area contributed by atoms with E-state index < -0.39 is 17.7 Å². The molecule has 0 amide bonds. The fraction of sp³-hybridized carbons (Fsp3) is 0.400. The van der Waals surface area contributed by atoms with E-state index in [1.807, 2.05) is 6.07 Å². The Morgan fingerprint density at radius 1 is 1.08 bits per heavy atom. The molecule has 0 aromatic heterocycles. The van der Waals surface area contributed by atoms with Crippen molar-refractivity contribution in [2.45, 2.75) is 37.8 Å². The third kappa shape index (κ3) is 4.19. The number of hydrogen-bond donors (Lipinski definition) is 1. The van der Waals surface area contributed by atoms with Gasteiger partial charge < -0.3 is 5.11 Å². The Balaban J connectivity index is 1.57. The zero-order valence-electron chi connectivity index (χ0n) is 13.7. The van der Waals surface area contributed by atoms with E-state index in [4.69, 9.17) is 0 Å². The summed E-state index contributed by atoms with van der Waals surface area (Å²) in [4.78, 5) is 2.27. The number of aliphatic hydroxyl groups is 1. The largest absolute Gasteiger partial charge is 0.387 e. The second kappa shape index (κ2) is 7.86. The number of aliphatic hydroxyl groups excluding tert-OH is 1. The SMILES string of the molecule is O[C@H](CN1CCC[C@@H]1CCc1ccccc1)c1ccc(F)c(F)c1. The molecule has 2 aromatic rings. The highest BCUT2D eigenvalue weighted by Gasteiger charge is 2.26. The minimum atomic E-state index is -0.909. The van der Waals surface area contributed by atoms with Crippen molar-refractivity contribution >= 4 is 0 Å². The molecule has 1 saturated heterocycles. The highest BCUT2D eigenvalue weighted by Crippen LogP contribution is 2.25. The maximum Gasteiger partial charge on any atom is 0.159 e. The normalized spacial score (nSPS) is 19.5. The average Bonchev–Trinajstić information content (AvgIpc) is 3.03. The molecule has 0 saturated carbocycles. The van der Waals surface area contributed by atoms with Crippen LogP contribution in [0, 0.1) is 11.6 Å². The van der Waals surface area contributed by atoms with Gasteiger partial charge in [0.15, 0.2) is 11.6 Å². The second-order valence-corrected chi connectivity index (χ2v) is 6.50. The maximum atomic E-state index is 13.3. The van der Waals surface area contributed by atoms with Crippen molar-refractivity contribution in [1.82, 2.24) is 4.90 Å². The van der Waals surface area contributed by atoms with Gasteiger partial charge in [-0.1, -0.05) is 36.4 Å². The number of benzene rings is 2. The van der Waals surface area contributed by atoms with Gasteiger partial charge >= 0.3 is 0 Å². The smallest absolute Gasteiger partial charge is 0.159 e. The minimum Gasteiger partial charge on any atom is -0.387 e. The van der Waals surface area contributed by atoms with Crippen LogP contribution in [0.2, 0.25) is 0 Å². The van der Waals surface area contributed by atoms with E-state index in [-0.39, 0.29) is 0 Å². The first-order chi connectivity index (χ1) is 11.6. The summed E-state index contributed by atoms with van der Waals surface area (Å²) >= 11 is 0. The van der Waals surface area contributed by atoms with Crippen LogP contribution in [-0.4, -0.2) is 29.1 Å². The van der Waals surface area contributed by atoms with Crippen LogP contribution >= 0.6 is 0 Å². The predicted molar refractivity (Wildman–Crippen MR) is 90.7 cm³/mol. The van der Waals surface area contributed by atoms with Crippen molar-refractivity contribution in [3.8, 4) is 0 Å². The molecule has 2 atom stereocenters. The Morgan fingerprint density at radius 2 is 1.88 bits per heavy atom. The molecular formula is C20H23F2NO. The fourth-order valence-electron chi connectivity index (χ4n) is 3.49. The number of rotatable bonds is 6. The molecule has 4 heteroatoms. The zero-order chi connectivity index (χ0) is 16.9. The summed E-state index contributed by atoms with van der Waals surface area (Å²) in [5, 5.41) is 10.4. The number of halogens is 2. The van der Waals surface area contributed by atoms with Crippen molar-refractivity contribution in [1.29, 1.82) is 0 Å². The van der Waals surface area contributed by atoms with Gasteiger partial charge in [-0.25, -0.2) is 8.78 Å². The molecule has 2 aromatic carbocycles. The van der Waals surface area contributed by atoms with Crippen LogP contribution in [0.4, 0.5) is 8.78 Å². The molecule has 0 spiro atoms. The third-order valence-corrected chi connectivity index (χ3v) is 4.84. The summed E-state index contributed by atoms with van der Waals surface area (Å²) in [6.45, 7) is 1.41. The van der Waals surface area contributed by atoms with Gasteiger partial charge in [-0.15, -0.1) is 0 Å². The molecule has 3 rings (SSSR count). The summed E-state index contributed by atoms with van der Waals surface area (Å²) in [6.07, 6.45) is 3.51. The first-order valence-corrected chi connectivity index (χ1v) is 8.54. The van der Waals surface area contributed by atoms with Crippen LogP contribution in [0.1, 0.15) is 36.5 Å². The van der Waals surface area contributed by atoms with Crippen LogP contribution < -0.4 is 0 Å². The van der Waals surface area contributed by atoms with Crippen LogP contribution in [-0.2, 0) is 6.42 Å². The van der Waals surface area contributed by atoms with Gasteiger partial charge in [0.25, 0.3) is 0 Å². The lowest BCUT2D eigenvalue weighted by atomic mass is 10.0. The minimum absolute atomic E-state index is 0.433. The standard InChI is InChI=1S/C20H23F2NO/c21-18-11-9-16(13-19(18)22)20(24)14-23-12-4-7-17(23)10-8-15-5-2-1-3-6-15/h1-3,5-6,9,11,13,17,20,24H,4,7-8,10,12,14H2/t17-,20-/m1/s1. The van der Waals surface area contributed by atoms with Crippen LogP contribution in [0.5, 0.6) is 0 Å². The average molecular weight is 331 g/mol. The summed E-state index contributed by atoms with van der Waals surface area (Å²) in [6, 6.07) is 14.4.